The Kier molecular flexibility index (Phi) is 6.24. The minimum atomic E-state index is -3.49. The van der Waals surface area contributed by atoms with Crippen molar-refractivity contribution in [1.29, 1.82) is 0 Å². The fourth-order valence-electron chi connectivity index (χ4n) is 4.35. The lowest BCUT2D eigenvalue weighted by Gasteiger charge is -2.37. The summed E-state index contributed by atoms with van der Waals surface area (Å²) in [5.41, 5.74) is 1.47. The summed E-state index contributed by atoms with van der Waals surface area (Å²) in [4.78, 5) is 24.5. The Bertz CT molecular complexity index is 1010. The lowest BCUT2D eigenvalue weighted by molar-refractivity contribution is -0.129. The van der Waals surface area contributed by atoms with Crippen molar-refractivity contribution in [1.82, 2.24) is 19.2 Å². The zero-order valence-corrected chi connectivity index (χ0v) is 18.8. The molecular formula is C22H29N5O3S. The highest BCUT2D eigenvalue weighted by Crippen LogP contribution is 2.37. The normalized spacial score (nSPS) is 24.2. The van der Waals surface area contributed by atoms with E-state index in [9.17, 15) is 13.2 Å². The molecule has 2 fully saturated rings. The third-order valence-corrected chi connectivity index (χ3v) is 8.62. The summed E-state index contributed by atoms with van der Waals surface area (Å²) in [5, 5.41) is -0.519. The summed E-state index contributed by atoms with van der Waals surface area (Å²) >= 11 is 0. The number of amides is 1. The monoisotopic (exact) mass is 443 g/mol. The van der Waals surface area contributed by atoms with Gasteiger partial charge in [0.1, 0.15) is 11.1 Å². The number of aromatic nitrogens is 2. The molecule has 2 aliphatic heterocycles. The van der Waals surface area contributed by atoms with Crippen LogP contribution in [0.15, 0.2) is 42.7 Å². The highest BCUT2D eigenvalue weighted by Gasteiger charge is 2.40. The van der Waals surface area contributed by atoms with Gasteiger partial charge >= 0.3 is 0 Å². The molecule has 1 unspecified atom stereocenters. The van der Waals surface area contributed by atoms with Crippen LogP contribution < -0.4 is 4.90 Å². The van der Waals surface area contributed by atoms with Gasteiger partial charge < -0.3 is 9.80 Å². The average molecular weight is 444 g/mol. The SMILES string of the molecule is CC(=O)N1CCN(c2cnc(CN3[C@@H](C)CCC(c4ccccc4)S3(=O)=O)cn2)CC1. The molecule has 1 aromatic heterocycles. The van der Waals surface area contributed by atoms with Crippen LogP contribution in [0.3, 0.4) is 0 Å². The number of hydrogen-bond donors (Lipinski definition) is 0. The fourth-order valence-corrected chi connectivity index (χ4v) is 6.54. The Labute approximate surface area is 183 Å². The number of carbonyl (C=O) groups excluding carboxylic acids is 1. The quantitative estimate of drug-likeness (QED) is 0.720. The van der Waals surface area contributed by atoms with Crippen molar-refractivity contribution in [3.8, 4) is 0 Å². The van der Waals surface area contributed by atoms with E-state index in [4.69, 9.17) is 0 Å². The molecule has 0 N–H and O–H groups in total. The Hall–Kier alpha value is -2.52. The fraction of sp³-hybridized carbons (Fsp3) is 0.500. The average Bonchev–Trinajstić information content (AvgIpc) is 2.77. The van der Waals surface area contributed by atoms with Gasteiger partial charge in [0.15, 0.2) is 0 Å². The molecule has 0 spiro atoms. The summed E-state index contributed by atoms with van der Waals surface area (Å²) in [6.45, 7) is 6.52. The van der Waals surface area contributed by atoms with Crippen molar-refractivity contribution < 1.29 is 13.2 Å². The van der Waals surface area contributed by atoms with Crippen LogP contribution in [0.5, 0.6) is 0 Å². The Morgan fingerprint density at radius 2 is 1.74 bits per heavy atom. The van der Waals surface area contributed by atoms with Crippen molar-refractivity contribution in [2.45, 2.75) is 44.5 Å². The lowest BCUT2D eigenvalue weighted by Crippen LogP contribution is -2.48. The number of hydrogen-bond acceptors (Lipinski definition) is 6. The van der Waals surface area contributed by atoms with Gasteiger partial charge in [-0.3, -0.25) is 9.78 Å². The molecule has 2 aromatic rings. The summed E-state index contributed by atoms with van der Waals surface area (Å²) in [6.07, 6.45) is 4.81. The number of anilines is 1. The maximum absolute atomic E-state index is 13.4. The second-order valence-electron chi connectivity index (χ2n) is 8.27. The number of rotatable bonds is 4. The van der Waals surface area contributed by atoms with E-state index in [0.717, 1.165) is 17.8 Å². The molecule has 0 bridgehead atoms. The highest BCUT2D eigenvalue weighted by molar-refractivity contribution is 7.89. The molecule has 4 rings (SSSR count). The van der Waals surface area contributed by atoms with Gasteiger partial charge in [0.25, 0.3) is 0 Å². The van der Waals surface area contributed by atoms with Gasteiger partial charge in [-0.05, 0) is 25.3 Å². The van der Waals surface area contributed by atoms with E-state index >= 15 is 0 Å². The number of carbonyl (C=O) groups is 1. The second kappa shape index (κ2) is 8.92. The van der Waals surface area contributed by atoms with E-state index in [1.54, 1.807) is 23.6 Å². The topological polar surface area (TPSA) is 86.7 Å². The maximum Gasteiger partial charge on any atom is 0.221 e. The maximum atomic E-state index is 13.4. The second-order valence-corrected chi connectivity index (χ2v) is 10.3. The van der Waals surface area contributed by atoms with Crippen LogP contribution in [-0.4, -0.2) is 65.7 Å². The van der Waals surface area contributed by atoms with E-state index in [1.165, 1.54) is 0 Å². The summed E-state index contributed by atoms with van der Waals surface area (Å²) in [6, 6.07) is 9.36. The number of nitrogens with zero attached hydrogens (tertiary/aromatic N) is 5. The third kappa shape index (κ3) is 4.57. The first-order chi connectivity index (χ1) is 14.9. The molecule has 31 heavy (non-hydrogen) atoms. The van der Waals surface area contributed by atoms with Crippen LogP contribution in [0.2, 0.25) is 0 Å². The first-order valence-corrected chi connectivity index (χ1v) is 12.2. The number of piperazine rings is 1. The third-order valence-electron chi connectivity index (χ3n) is 6.25. The predicted molar refractivity (Wildman–Crippen MR) is 119 cm³/mol. The van der Waals surface area contributed by atoms with E-state index < -0.39 is 15.3 Å². The van der Waals surface area contributed by atoms with Crippen LogP contribution in [0, 0.1) is 0 Å². The van der Waals surface area contributed by atoms with E-state index in [-0.39, 0.29) is 18.5 Å². The molecule has 1 amide bonds. The van der Waals surface area contributed by atoms with Gasteiger partial charge in [0.2, 0.25) is 15.9 Å². The van der Waals surface area contributed by atoms with E-state index in [0.29, 0.717) is 38.3 Å². The van der Waals surface area contributed by atoms with Crippen LogP contribution in [-0.2, 0) is 21.4 Å². The first-order valence-electron chi connectivity index (χ1n) is 10.7. The number of benzene rings is 1. The van der Waals surface area contributed by atoms with Crippen molar-refractivity contribution >= 4 is 21.7 Å². The molecule has 2 aliphatic rings. The zero-order valence-electron chi connectivity index (χ0n) is 18.0. The molecule has 3 heterocycles. The molecule has 2 atom stereocenters. The predicted octanol–water partition coefficient (Wildman–Crippen LogP) is 2.20. The van der Waals surface area contributed by atoms with Gasteiger partial charge in [0, 0.05) is 39.1 Å². The minimum absolute atomic E-state index is 0.0777. The molecule has 8 nitrogen and oxygen atoms in total. The Morgan fingerprint density at radius 1 is 1.03 bits per heavy atom. The van der Waals surface area contributed by atoms with E-state index in [2.05, 4.69) is 14.9 Å². The molecule has 9 heteroatoms. The van der Waals surface area contributed by atoms with Crippen LogP contribution >= 0.6 is 0 Å². The summed E-state index contributed by atoms with van der Waals surface area (Å²) in [7, 11) is -3.49. The van der Waals surface area contributed by atoms with Crippen molar-refractivity contribution in [3.05, 3.63) is 54.0 Å². The van der Waals surface area contributed by atoms with Crippen molar-refractivity contribution in [2.24, 2.45) is 0 Å². The Morgan fingerprint density at radius 3 is 2.35 bits per heavy atom. The molecule has 0 aliphatic carbocycles. The van der Waals surface area contributed by atoms with Gasteiger partial charge in [-0.15, -0.1) is 0 Å². The molecule has 0 saturated carbocycles. The zero-order chi connectivity index (χ0) is 22.0. The largest absolute Gasteiger partial charge is 0.352 e. The lowest BCUT2D eigenvalue weighted by atomic mass is 10.0. The van der Waals surface area contributed by atoms with E-state index in [1.807, 2.05) is 42.2 Å². The standard InChI is InChI=1S/C22H29N5O3S/c1-17-8-9-21(19-6-4-3-5-7-19)31(29,30)27(17)16-20-14-24-22(15-23-20)26-12-10-25(11-13-26)18(2)28/h3-7,14-15,17,21H,8-13,16H2,1-2H3/t17-,21?/m0/s1. The molecular weight excluding hydrogens is 414 g/mol. The minimum Gasteiger partial charge on any atom is -0.352 e. The Balaban J connectivity index is 1.46. The van der Waals surface area contributed by atoms with Gasteiger partial charge in [-0.2, -0.15) is 4.31 Å². The molecule has 0 radical (unpaired) electrons. The van der Waals surface area contributed by atoms with Crippen molar-refractivity contribution in [3.63, 3.8) is 0 Å². The molecule has 166 valence electrons. The number of sulfonamides is 1. The van der Waals surface area contributed by atoms with Crippen LogP contribution in [0.25, 0.3) is 0 Å². The van der Waals surface area contributed by atoms with Gasteiger partial charge in [0.05, 0.1) is 24.6 Å². The first kappa shape index (κ1) is 21.7. The summed E-state index contributed by atoms with van der Waals surface area (Å²) in [5.74, 6) is 0.843. The smallest absolute Gasteiger partial charge is 0.221 e. The molecule has 2 saturated heterocycles. The van der Waals surface area contributed by atoms with Crippen molar-refractivity contribution in [2.75, 3.05) is 31.1 Å². The van der Waals surface area contributed by atoms with Gasteiger partial charge in [-0.25, -0.2) is 13.4 Å². The highest BCUT2D eigenvalue weighted by atomic mass is 32.2. The summed E-state index contributed by atoms with van der Waals surface area (Å²) < 4.78 is 28.3. The van der Waals surface area contributed by atoms with Crippen LogP contribution in [0.1, 0.15) is 43.2 Å². The van der Waals surface area contributed by atoms with Gasteiger partial charge in [-0.1, -0.05) is 30.3 Å². The molecule has 1 aromatic carbocycles. The van der Waals surface area contributed by atoms with Crippen LogP contribution in [0.4, 0.5) is 5.82 Å².